The molecule has 0 saturated heterocycles. The molecule has 106 valence electrons. The lowest BCUT2D eigenvalue weighted by atomic mass is 10.0. The van der Waals surface area contributed by atoms with Crippen LogP contribution in [0.3, 0.4) is 0 Å². The third-order valence-corrected chi connectivity index (χ3v) is 4.43. The highest BCUT2D eigenvalue weighted by Crippen LogP contribution is 2.22. The summed E-state index contributed by atoms with van der Waals surface area (Å²) in [5.41, 5.74) is 0.475. The number of nitrogens with one attached hydrogen (secondary N) is 1. The summed E-state index contributed by atoms with van der Waals surface area (Å²) in [5.74, 6) is -0.159. The van der Waals surface area contributed by atoms with E-state index in [1.54, 1.807) is 6.92 Å². The minimum Gasteiger partial charge on any atom is -0.352 e. The molecule has 0 radical (unpaired) electrons. The van der Waals surface area contributed by atoms with Crippen molar-refractivity contribution in [2.75, 3.05) is 6.54 Å². The molecular formula is C12H23NO4S. The van der Waals surface area contributed by atoms with Gasteiger partial charge in [0.2, 0.25) is 5.91 Å². The molecule has 0 aliphatic heterocycles. The second-order valence-electron chi connectivity index (χ2n) is 5.08. The van der Waals surface area contributed by atoms with Gasteiger partial charge in [-0.1, -0.05) is 19.4 Å². The van der Waals surface area contributed by atoms with E-state index in [-0.39, 0.29) is 5.91 Å². The van der Waals surface area contributed by atoms with Gasteiger partial charge >= 0.3 is 0 Å². The summed E-state index contributed by atoms with van der Waals surface area (Å²) in [6, 6.07) is 0. The number of unbranched alkanes of at least 4 members (excludes halogenated alkanes) is 2. The van der Waals surface area contributed by atoms with Crippen molar-refractivity contribution in [2.24, 2.45) is 0 Å². The van der Waals surface area contributed by atoms with Gasteiger partial charge < -0.3 is 5.32 Å². The zero-order valence-corrected chi connectivity index (χ0v) is 12.1. The number of hydrogen-bond acceptors (Lipinski definition) is 3. The lowest BCUT2D eigenvalue weighted by Crippen LogP contribution is -2.31. The first-order valence-corrected chi connectivity index (χ1v) is 7.42. The van der Waals surface area contributed by atoms with Gasteiger partial charge in [0, 0.05) is 12.1 Å². The lowest BCUT2D eigenvalue weighted by Gasteiger charge is -2.20. The first-order chi connectivity index (χ1) is 8.08. The molecule has 0 atom stereocenters. The van der Waals surface area contributed by atoms with Crippen LogP contribution in [0.5, 0.6) is 0 Å². The fourth-order valence-electron chi connectivity index (χ4n) is 1.33. The Hall–Kier alpha value is -0.880. The largest absolute Gasteiger partial charge is 0.352 e. The summed E-state index contributed by atoms with van der Waals surface area (Å²) < 4.78 is 29.9. The van der Waals surface area contributed by atoms with Crippen LogP contribution in [0.4, 0.5) is 0 Å². The maximum absolute atomic E-state index is 11.1. The molecule has 0 aromatic carbocycles. The van der Waals surface area contributed by atoms with Crippen LogP contribution < -0.4 is 5.32 Å². The number of amides is 1. The third-order valence-electron chi connectivity index (χ3n) is 2.83. The van der Waals surface area contributed by atoms with E-state index in [0.29, 0.717) is 25.0 Å². The molecule has 2 N–H and O–H groups in total. The van der Waals surface area contributed by atoms with Crippen molar-refractivity contribution in [2.45, 2.75) is 51.2 Å². The Labute approximate surface area is 109 Å². The van der Waals surface area contributed by atoms with Crippen molar-refractivity contribution >= 4 is 16.0 Å². The Morgan fingerprint density at radius 2 is 1.83 bits per heavy atom. The van der Waals surface area contributed by atoms with E-state index in [9.17, 15) is 13.2 Å². The first-order valence-electron chi connectivity index (χ1n) is 5.98. The summed E-state index contributed by atoms with van der Waals surface area (Å²) >= 11 is 0. The Kier molecular flexibility index (Phi) is 6.56. The second-order valence-corrected chi connectivity index (χ2v) is 7.14. The average molecular weight is 277 g/mol. The van der Waals surface area contributed by atoms with E-state index >= 15 is 0 Å². The Bertz CT molecular complexity index is 398. The number of carbonyl (C=O) groups is 1. The second kappa shape index (κ2) is 6.89. The molecule has 0 aromatic rings. The van der Waals surface area contributed by atoms with E-state index in [0.717, 1.165) is 12.8 Å². The first kappa shape index (κ1) is 17.1. The molecular weight excluding hydrogens is 254 g/mol. The van der Waals surface area contributed by atoms with E-state index in [1.807, 2.05) is 0 Å². The Morgan fingerprint density at radius 1 is 1.28 bits per heavy atom. The molecule has 0 rings (SSSR count). The van der Waals surface area contributed by atoms with Crippen LogP contribution in [0.15, 0.2) is 12.2 Å². The zero-order chi connectivity index (χ0) is 14.4. The molecule has 0 saturated carbocycles. The molecule has 0 fully saturated rings. The molecule has 0 aliphatic carbocycles. The van der Waals surface area contributed by atoms with Gasteiger partial charge in [0.15, 0.2) is 0 Å². The normalized spacial score (nSPS) is 12.2. The van der Waals surface area contributed by atoms with Crippen LogP contribution in [-0.4, -0.2) is 30.2 Å². The molecule has 6 heteroatoms. The Balaban J connectivity index is 3.77. The van der Waals surface area contributed by atoms with Crippen LogP contribution in [0.1, 0.15) is 46.5 Å². The predicted octanol–water partition coefficient (Wildman–Crippen LogP) is 1.91. The molecule has 0 bridgehead atoms. The summed E-state index contributed by atoms with van der Waals surface area (Å²) in [6.45, 7) is 8.73. The Morgan fingerprint density at radius 3 is 2.28 bits per heavy atom. The van der Waals surface area contributed by atoms with Crippen molar-refractivity contribution in [3.05, 3.63) is 12.2 Å². The summed E-state index contributed by atoms with van der Waals surface area (Å²) in [5, 5.41) is 2.70. The smallest absolute Gasteiger partial charge is 0.270 e. The number of hydrogen-bond donors (Lipinski definition) is 2. The van der Waals surface area contributed by atoms with Gasteiger partial charge in [0.25, 0.3) is 10.1 Å². The van der Waals surface area contributed by atoms with Crippen molar-refractivity contribution in [1.29, 1.82) is 0 Å². The summed E-state index contributed by atoms with van der Waals surface area (Å²) in [6.07, 6.45) is 2.67. The van der Waals surface area contributed by atoms with Gasteiger partial charge in [-0.25, -0.2) is 0 Å². The van der Waals surface area contributed by atoms with Crippen molar-refractivity contribution in [3.63, 3.8) is 0 Å². The minimum absolute atomic E-state index is 0.159. The monoisotopic (exact) mass is 277 g/mol. The van der Waals surface area contributed by atoms with Gasteiger partial charge in [0.05, 0.1) is 4.75 Å². The average Bonchev–Trinajstić information content (AvgIpc) is 2.20. The molecule has 0 unspecified atom stereocenters. The number of carbonyl (C=O) groups excluding carboxylic acids is 1. The van der Waals surface area contributed by atoms with E-state index < -0.39 is 14.9 Å². The van der Waals surface area contributed by atoms with Gasteiger partial charge in [-0.15, -0.1) is 0 Å². The van der Waals surface area contributed by atoms with Crippen LogP contribution in [0.2, 0.25) is 0 Å². The van der Waals surface area contributed by atoms with Crippen molar-refractivity contribution in [3.8, 4) is 0 Å². The van der Waals surface area contributed by atoms with Crippen LogP contribution >= 0.6 is 0 Å². The van der Waals surface area contributed by atoms with Crippen LogP contribution in [-0.2, 0) is 14.9 Å². The van der Waals surface area contributed by atoms with E-state index in [4.69, 9.17) is 4.55 Å². The van der Waals surface area contributed by atoms with Gasteiger partial charge in [-0.05, 0) is 33.6 Å². The van der Waals surface area contributed by atoms with Crippen LogP contribution in [0.25, 0.3) is 0 Å². The topological polar surface area (TPSA) is 83.5 Å². The van der Waals surface area contributed by atoms with E-state index in [2.05, 4.69) is 11.9 Å². The molecule has 1 amide bonds. The molecule has 5 nitrogen and oxygen atoms in total. The standard InChI is InChI=1S/C12H23NO4S/c1-10(2)11(14)13-9-7-5-6-8-12(3,4)18(15,16)17/h1,5-9H2,2-4H3,(H,13,14)(H,15,16,17). The maximum atomic E-state index is 11.1. The summed E-state index contributed by atoms with van der Waals surface area (Å²) in [7, 11) is -4.00. The third kappa shape index (κ3) is 6.16. The van der Waals surface area contributed by atoms with Crippen molar-refractivity contribution in [1.82, 2.24) is 5.32 Å². The predicted molar refractivity (Wildman–Crippen MR) is 71.9 cm³/mol. The maximum Gasteiger partial charge on any atom is 0.270 e. The highest BCUT2D eigenvalue weighted by molar-refractivity contribution is 7.87. The van der Waals surface area contributed by atoms with Crippen LogP contribution in [0, 0.1) is 0 Å². The fourth-order valence-corrected chi connectivity index (χ4v) is 1.74. The fraction of sp³-hybridized carbons (Fsp3) is 0.750. The molecule has 18 heavy (non-hydrogen) atoms. The lowest BCUT2D eigenvalue weighted by molar-refractivity contribution is -0.117. The molecule has 0 heterocycles. The SMILES string of the molecule is C=C(C)C(=O)NCCCCCC(C)(C)S(=O)(=O)O. The quantitative estimate of drug-likeness (QED) is 0.403. The van der Waals surface area contributed by atoms with E-state index in [1.165, 1.54) is 13.8 Å². The molecule has 0 aromatic heterocycles. The van der Waals surface area contributed by atoms with Gasteiger partial charge in [0.1, 0.15) is 0 Å². The van der Waals surface area contributed by atoms with Gasteiger partial charge in [-0.3, -0.25) is 9.35 Å². The molecule has 0 aliphatic rings. The number of rotatable bonds is 8. The van der Waals surface area contributed by atoms with Crippen molar-refractivity contribution < 1.29 is 17.8 Å². The minimum atomic E-state index is -4.00. The summed E-state index contributed by atoms with van der Waals surface area (Å²) in [4.78, 5) is 11.1. The highest BCUT2D eigenvalue weighted by Gasteiger charge is 2.31. The zero-order valence-electron chi connectivity index (χ0n) is 11.3. The molecule has 0 spiro atoms. The van der Waals surface area contributed by atoms with Gasteiger partial charge in [-0.2, -0.15) is 8.42 Å². The highest BCUT2D eigenvalue weighted by atomic mass is 32.2.